The second-order valence-corrected chi connectivity index (χ2v) is 4.12. The summed E-state index contributed by atoms with van der Waals surface area (Å²) in [5.41, 5.74) is 2.72. The lowest BCUT2D eigenvalue weighted by molar-refractivity contribution is 0.323. The molecule has 1 aliphatic heterocycles. The van der Waals surface area contributed by atoms with E-state index in [-0.39, 0.29) is 0 Å². The highest BCUT2D eigenvalue weighted by atomic mass is 15.1. The molecule has 2 rings (SSSR count). The molecule has 1 heteroatoms. The highest BCUT2D eigenvalue weighted by Gasteiger charge is 2.10. The van der Waals surface area contributed by atoms with Crippen LogP contribution in [-0.2, 0) is 6.54 Å². The largest absolute Gasteiger partial charge is 0.367 e. The summed E-state index contributed by atoms with van der Waals surface area (Å²) in [7, 11) is 0. The Labute approximate surface area is 91.7 Å². The molecule has 1 aliphatic rings. The van der Waals surface area contributed by atoms with Gasteiger partial charge in [-0.05, 0) is 25.5 Å². The first kappa shape index (κ1) is 10.0. The average molecular weight is 199 g/mol. The van der Waals surface area contributed by atoms with Crippen LogP contribution in [0.5, 0.6) is 0 Å². The fraction of sp³-hybridized carbons (Fsp3) is 0.286. The zero-order valence-corrected chi connectivity index (χ0v) is 9.35. The van der Waals surface area contributed by atoms with Crippen LogP contribution < -0.4 is 0 Å². The van der Waals surface area contributed by atoms with Crippen molar-refractivity contribution < 1.29 is 0 Å². The van der Waals surface area contributed by atoms with Crippen molar-refractivity contribution in [2.45, 2.75) is 26.4 Å². The first-order valence-electron chi connectivity index (χ1n) is 5.42. The van der Waals surface area contributed by atoms with Gasteiger partial charge in [0.1, 0.15) is 0 Å². The Hall–Kier alpha value is -1.50. The average Bonchev–Trinajstić information content (AvgIpc) is 2.24. The first-order valence-corrected chi connectivity index (χ1v) is 5.42. The SMILES string of the molecule is CC1=CC(C)N(Cc2ccccc2)C=C1. The van der Waals surface area contributed by atoms with Gasteiger partial charge in [0.15, 0.2) is 0 Å². The number of hydrogen-bond donors (Lipinski definition) is 0. The molecule has 0 radical (unpaired) electrons. The fourth-order valence-corrected chi connectivity index (χ4v) is 1.87. The van der Waals surface area contributed by atoms with Crippen molar-refractivity contribution in [2.24, 2.45) is 0 Å². The molecule has 0 saturated carbocycles. The van der Waals surface area contributed by atoms with E-state index in [2.05, 4.69) is 67.4 Å². The molecule has 1 atom stereocenters. The summed E-state index contributed by atoms with van der Waals surface area (Å²) in [5.74, 6) is 0. The topological polar surface area (TPSA) is 3.24 Å². The van der Waals surface area contributed by atoms with Crippen LogP contribution in [-0.4, -0.2) is 10.9 Å². The monoisotopic (exact) mass is 199 g/mol. The minimum Gasteiger partial charge on any atom is -0.367 e. The fourth-order valence-electron chi connectivity index (χ4n) is 1.87. The van der Waals surface area contributed by atoms with E-state index >= 15 is 0 Å². The summed E-state index contributed by atoms with van der Waals surface area (Å²) in [6, 6.07) is 11.1. The molecule has 1 heterocycles. The van der Waals surface area contributed by atoms with Crippen LogP contribution in [0.2, 0.25) is 0 Å². The summed E-state index contributed by atoms with van der Waals surface area (Å²) < 4.78 is 0. The van der Waals surface area contributed by atoms with Gasteiger partial charge in [0.25, 0.3) is 0 Å². The second-order valence-electron chi connectivity index (χ2n) is 4.12. The minimum absolute atomic E-state index is 0.496. The van der Waals surface area contributed by atoms with E-state index in [0.29, 0.717) is 6.04 Å². The first-order chi connectivity index (χ1) is 7.25. The predicted octanol–water partition coefficient (Wildman–Crippen LogP) is 3.35. The molecular weight excluding hydrogens is 182 g/mol. The van der Waals surface area contributed by atoms with Gasteiger partial charge in [0.05, 0.1) is 0 Å². The van der Waals surface area contributed by atoms with Gasteiger partial charge in [-0.2, -0.15) is 0 Å². The lowest BCUT2D eigenvalue weighted by atomic mass is 10.1. The van der Waals surface area contributed by atoms with E-state index in [4.69, 9.17) is 0 Å². The van der Waals surface area contributed by atoms with Crippen LogP contribution in [0.15, 0.2) is 54.3 Å². The molecule has 0 saturated heterocycles. The maximum Gasteiger partial charge on any atom is 0.0448 e. The lowest BCUT2D eigenvalue weighted by Crippen LogP contribution is -2.27. The molecule has 0 fully saturated rings. The highest BCUT2D eigenvalue weighted by Crippen LogP contribution is 2.16. The molecule has 78 valence electrons. The maximum absolute atomic E-state index is 2.35. The van der Waals surface area contributed by atoms with E-state index in [1.54, 1.807) is 0 Å². The molecule has 1 aromatic rings. The quantitative estimate of drug-likeness (QED) is 0.706. The predicted molar refractivity (Wildman–Crippen MR) is 64.3 cm³/mol. The van der Waals surface area contributed by atoms with Gasteiger partial charge in [0, 0.05) is 18.8 Å². The van der Waals surface area contributed by atoms with Gasteiger partial charge >= 0.3 is 0 Å². The molecule has 1 aromatic carbocycles. The Morgan fingerprint density at radius 1 is 1.20 bits per heavy atom. The molecule has 1 unspecified atom stereocenters. The Bertz CT molecular complexity index is 376. The van der Waals surface area contributed by atoms with Gasteiger partial charge in [-0.1, -0.05) is 42.0 Å². The van der Waals surface area contributed by atoms with Crippen LogP contribution in [0.3, 0.4) is 0 Å². The summed E-state index contributed by atoms with van der Waals surface area (Å²) >= 11 is 0. The normalized spacial score (nSPS) is 20.3. The van der Waals surface area contributed by atoms with Crippen molar-refractivity contribution in [3.8, 4) is 0 Å². The van der Waals surface area contributed by atoms with Gasteiger partial charge in [-0.3, -0.25) is 0 Å². The molecule has 1 nitrogen and oxygen atoms in total. The van der Waals surface area contributed by atoms with E-state index in [1.807, 2.05) is 0 Å². The Morgan fingerprint density at radius 2 is 1.93 bits per heavy atom. The van der Waals surface area contributed by atoms with Crippen molar-refractivity contribution in [2.75, 3.05) is 0 Å². The molecule has 0 aromatic heterocycles. The van der Waals surface area contributed by atoms with Crippen molar-refractivity contribution in [3.05, 3.63) is 59.8 Å². The third-order valence-electron chi connectivity index (χ3n) is 2.76. The second kappa shape index (κ2) is 4.35. The minimum atomic E-state index is 0.496. The molecule has 0 aliphatic carbocycles. The summed E-state index contributed by atoms with van der Waals surface area (Å²) in [5, 5.41) is 0. The standard InChI is InChI=1S/C14H17N/c1-12-8-9-15(13(2)10-12)11-14-6-4-3-5-7-14/h3-10,13H,11H2,1-2H3. The molecule has 0 N–H and O–H groups in total. The zero-order chi connectivity index (χ0) is 10.7. The van der Waals surface area contributed by atoms with Crippen LogP contribution in [0.25, 0.3) is 0 Å². The van der Waals surface area contributed by atoms with Gasteiger partial charge in [0.2, 0.25) is 0 Å². The van der Waals surface area contributed by atoms with E-state index < -0.39 is 0 Å². The van der Waals surface area contributed by atoms with Gasteiger partial charge in [-0.15, -0.1) is 0 Å². The van der Waals surface area contributed by atoms with Gasteiger partial charge < -0.3 is 4.90 Å². The van der Waals surface area contributed by atoms with Crippen molar-refractivity contribution in [1.82, 2.24) is 4.90 Å². The summed E-state index contributed by atoms with van der Waals surface area (Å²) in [6.07, 6.45) is 6.65. The smallest absolute Gasteiger partial charge is 0.0448 e. The molecule has 0 bridgehead atoms. The van der Waals surface area contributed by atoms with Crippen molar-refractivity contribution in [3.63, 3.8) is 0 Å². The number of hydrogen-bond acceptors (Lipinski definition) is 1. The number of rotatable bonds is 2. The van der Waals surface area contributed by atoms with Crippen LogP contribution in [0.4, 0.5) is 0 Å². The Kier molecular flexibility index (Phi) is 2.91. The van der Waals surface area contributed by atoms with Crippen molar-refractivity contribution in [1.29, 1.82) is 0 Å². The molecule has 15 heavy (non-hydrogen) atoms. The van der Waals surface area contributed by atoms with Crippen LogP contribution in [0.1, 0.15) is 19.4 Å². The summed E-state index contributed by atoms with van der Waals surface area (Å²) in [4.78, 5) is 2.35. The Morgan fingerprint density at radius 3 is 2.60 bits per heavy atom. The van der Waals surface area contributed by atoms with Crippen LogP contribution >= 0.6 is 0 Å². The zero-order valence-electron chi connectivity index (χ0n) is 9.35. The maximum atomic E-state index is 2.35. The third kappa shape index (κ3) is 2.50. The molecule has 0 spiro atoms. The van der Waals surface area contributed by atoms with Crippen molar-refractivity contribution >= 4 is 0 Å². The number of allylic oxidation sites excluding steroid dienone is 2. The van der Waals surface area contributed by atoms with Gasteiger partial charge in [-0.25, -0.2) is 0 Å². The summed E-state index contributed by atoms with van der Waals surface area (Å²) in [6.45, 7) is 5.37. The lowest BCUT2D eigenvalue weighted by Gasteiger charge is -2.28. The Balaban J connectivity index is 2.06. The number of nitrogens with zero attached hydrogens (tertiary/aromatic N) is 1. The number of benzene rings is 1. The van der Waals surface area contributed by atoms with E-state index in [1.165, 1.54) is 11.1 Å². The molecular formula is C14H17N. The molecule has 0 amide bonds. The van der Waals surface area contributed by atoms with E-state index in [9.17, 15) is 0 Å². The van der Waals surface area contributed by atoms with E-state index in [0.717, 1.165) is 6.54 Å². The third-order valence-corrected chi connectivity index (χ3v) is 2.76. The highest BCUT2D eigenvalue weighted by molar-refractivity contribution is 5.24. The van der Waals surface area contributed by atoms with Crippen LogP contribution in [0, 0.1) is 0 Å².